The predicted octanol–water partition coefficient (Wildman–Crippen LogP) is 4.81. The zero-order valence-electron chi connectivity index (χ0n) is 12.9. The van der Waals surface area contributed by atoms with Crippen molar-refractivity contribution in [1.82, 2.24) is 5.32 Å². The summed E-state index contributed by atoms with van der Waals surface area (Å²) in [4.78, 5) is 13.4. The number of rotatable bonds is 5. The van der Waals surface area contributed by atoms with Gasteiger partial charge in [0.05, 0.1) is 6.04 Å². The molecule has 1 amide bonds. The molecule has 0 fully saturated rings. The Morgan fingerprint density at radius 3 is 2.58 bits per heavy atom. The second-order valence-electron chi connectivity index (χ2n) is 5.26. The lowest BCUT2D eigenvalue weighted by Gasteiger charge is -2.17. The molecular formula is C20H16FNOS. The number of hydrogen-bond acceptors (Lipinski definition) is 2. The first kappa shape index (κ1) is 16.1. The minimum atomic E-state index is -0.321. The SMILES string of the molecule is O=C(/C=C/c1cccc(F)c1)NC(c1ccccc1)c1cccs1. The number of hydrogen-bond donors (Lipinski definition) is 1. The molecule has 3 aromatic rings. The smallest absolute Gasteiger partial charge is 0.244 e. The van der Waals surface area contributed by atoms with E-state index in [2.05, 4.69) is 5.32 Å². The summed E-state index contributed by atoms with van der Waals surface area (Å²) >= 11 is 1.60. The summed E-state index contributed by atoms with van der Waals surface area (Å²) in [5.74, 6) is -0.542. The molecule has 3 rings (SSSR count). The highest BCUT2D eigenvalue weighted by Gasteiger charge is 2.16. The predicted molar refractivity (Wildman–Crippen MR) is 96.2 cm³/mol. The van der Waals surface area contributed by atoms with Gasteiger partial charge in [-0.05, 0) is 40.8 Å². The first-order chi connectivity index (χ1) is 11.7. The molecule has 4 heteroatoms. The molecule has 0 radical (unpaired) electrons. The quantitative estimate of drug-likeness (QED) is 0.665. The second-order valence-corrected chi connectivity index (χ2v) is 6.24. The van der Waals surface area contributed by atoms with Crippen LogP contribution in [0.25, 0.3) is 6.08 Å². The maximum atomic E-state index is 13.2. The van der Waals surface area contributed by atoms with E-state index < -0.39 is 0 Å². The summed E-state index contributed by atoms with van der Waals surface area (Å²) in [6.45, 7) is 0. The Morgan fingerprint density at radius 2 is 1.88 bits per heavy atom. The number of thiophene rings is 1. The maximum absolute atomic E-state index is 13.2. The van der Waals surface area contributed by atoms with Crippen LogP contribution in [-0.4, -0.2) is 5.91 Å². The third kappa shape index (κ3) is 4.18. The van der Waals surface area contributed by atoms with Gasteiger partial charge in [0.15, 0.2) is 0 Å². The third-order valence-corrected chi connectivity index (χ3v) is 4.46. The first-order valence-electron chi connectivity index (χ1n) is 7.55. The van der Waals surface area contributed by atoms with E-state index in [-0.39, 0.29) is 17.8 Å². The molecule has 2 aromatic carbocycles. The molecule has 2 nitrogen and oxygen atoms in total. The van der Waals surface area contributed by atoms with E-state index in [1.807, 2.05) is 47.8 Å². The molecule has 0 bridgehead atoms. The average Bonchev–Trinajstić information content (AvgIpc) is 3.13. The normalized spacial score (nSPS) is 12.2. The number of halogens is 1. The van der Waals surface area contributed by atoms with E-state index in [1.54, 1.807) is 29.5 Å². The minimum Gasteiger partial charge on any atom is -0.341 e. The number of carbonyl (C=O) groups is 1. The molecule has 1 heterocycles. The van der Waals surface area contributed by atoms with Gasteiger partial charge in [0, 0.05) is 11.0 Å². The van der Waals surface area contributed by atoms with E-state index in [0.29, 0.717) is 5.56 Å². The lowest BCUT2D eigenvalue weighted by Crippen LogP contribution is -2.27. The zero-order valence-corrected chi connectivity index (χ0v) is 13.7. The molecule has 0 aliphatic rings. The van der Waals surface area contributed by atoms with Crippen molar-refractivity contribution >= 4 is 23.3 Å². The molecular weight excluding hydrogens is 321 g/mol. The Bertz CT molecular complexity index is 828. The van der Waals surface area contributed by atoms with Gasteiger partial charge in [0.2, 0.25) is 5.91 Å². The van der Waals surface area contributed by atoms with Gasteiger partial charge in [-0.15, -0.1) is 11.3 Å². The number of amides is 1. The van der Waals surface area contributed by atoms with Crippen LogP contribution in [0.5, 0.6) is 0 Å². The van der Waals surface area contributed by atoms with Gasteiger partial charge in [-0.1, -0.05) is 48.5 Å². The lowest BCUT2D eigenvalue weighted by atomic mass is 10.1. The second kappa shape index (κ2) is 7.70. The van der Waals surface area contributed by atoms with Crippen molar-refractivity contribution in [3.63, 3.8) is 0 Å². The van der Waals surface area contributed by atoms with Crippen molar-refractivity contribution in [3.8, 4) is 0 Å². The largest absolute Gasteiger partial charge is 0.341 e. The van der Waals surface area contributed by atoms with Crippen molar-refractivity contribution in [3.05, 3.63) is 100 Å². The fraction of sp³-hybridized carbons (Fsp3) is 0.0500. The summed E-state index contributed by atoms with van der Waals surface area (Å²) in [6, 6.07) is 19.7. The molecule has 1 unspecified atom stereocenters. The highest BCUT2D eigenvalue weighted by Crippen LogP contribution is 2.25. The number of nitrogens with one attached hydrogen (secondary N) is 1. The summed E-state index contributed by atoms with van der Waals surface area (Å²) in [7, 11) is 0. The molecule has 1 aromatic heterocycles. The van der Waals surface area contributed by atoms with Gasteiger partial charge < -0.3 is 5.32 Å². The van der Waals surface area contributed by atoms with Gasteiger partial charge in [0.25, 0.3) is 0 Å². The van der Waals surface area contributed by atoms with Gasteiger partial charge in [-0.3, -0.25) is 4.79 Å². The van der Waals surface area contributed by atoms with Gasteiger partial charge in [-0.25, -0.2) is 4.39 Å². The number of benzene rings is 2. The lowest BCUT2D eigenvalue weighted by molar-refractivity contribution is -0.116. The minimum absolute atomic E-state index is 0.198. The Morgan fingerprint density at radius 1 is 1.04 bits per heavy atom. The van der Waals surface area contributed by atoms with Crippen molar-refractivity contribution in [2.75, 3.05) is 0 Å². The van der Waals surface area contributed by atoms with Crippen molar-refractivity contribution in [2.45, 2.75) is 6.04 Å². The van der Waals surface area contributed by atoms with Crippen LogP contribution in [0, 0.1) is 5.82 Å². The summed E-state index contributed by atoms with van der Waals surface area (Å²) in [5, 5.41) is 5.00. The van der Waals surface area contributed by atoms with Crippen LogP contribution in [0.2, 0.25) is 0 Å². The Kier molecular flexibility index (Phi) is 5.18. The molecule has 0 saturated carbocycles. The maximum Gasteiger partial charge on any atom is 0.244 e. The number of carbonyl (C=O) groups excluding carboxylic acids is 1. The topological polar surface area (TPSA) is 29.1 Å². The monoisotopic (exact) mass is 337 g/mol. The zero-order chi connectivity index (χ0) is 16.8. The van der Waals surface area contributed by atoms with Gasteiger partial charge >= 0.3 is 0 Å². The highest BCUT2D eigenvalue weighted by molar-refractivity contribution is 7.10. The van der Waals surface area contributed by atoms with Crippen LogP contribution in [0.3, 0.4) is 0 Å². The third-order valence-electron chi connectivity index (χ3n) is 3.52. The molecule has 1 atom stereocenters. The Balaban J connectivity index is 1.77. The molecule has 120 valence electrons. The fourth-order valence-electron chi connectivity index (χ4n) is 2.39. The van der Waals surface area contributed by atoms with Crippen LogP contribution >= 0.6 is 11.3 Å². The van der Waals surface area contributed by atoms with Crippen molar-refractivity contribution < 1.29 is 9.18 Å². The summed E-state index contributed by atoms with van der Waals surface area (Å²) in [6.07, 6.45) is 3.03. The average molecular weight is 337 g/mol. The molecule has 24 heavy (non-hydrogen) atoms. The summed E-state index contributed by atoms with van der Waals surface area (Å²) < 4.78 is 13.2. The van der Waals surface area contributed by atoms with E-state index in [1.165, 1.54) is 18.2 Å². The van der Waals surface area contributed by atoms with Crippen molar-refractivity contribution in [1.29, 1.82) is 0 Å². The highest BCUT2D eigenvalue weighted by atomic mass is 32.1. The molecule has 0 aliphatic heterocycles. The van der Waals surface area contributed by atoms with Crippen LogP contribution in [-0.2, 0) is 4.79 Å². The Hall–Kier alpha value is -2.72. The van der Waals surface area contributed by atoms with Crippen LogP contribution < -0.4 is 5.32 Å². The fourth-order valence-corrected chi connectivity index (χ4v) is 3.19. The van der Waals surface area contributed by atoms with E-state index in [4.69, 9.17) is 0 Å². The van der Waals surface area contributed by atoms with Gasteiger partial charge in [-0.2, -0.15) is 0 Å². The molecule has 1 N–H and O–H groups in total. The Labute approximate surface area is 144 Å². The van der Waals surface area contributed by atoms with E-state index in [9.17, 15) is 9.18 Å². The van der Waals surface area contributed by atoms with Crippen LogP contribution in [0.4, 0.5) is 4.39 Å². The molecule has 0 aliphatic carbocycles. The van der Waals surface area contributed by atoms with Crippen LogP contribution in [0.15, 0.2) is 78.2 Å². The van der Waals surface area contributed by atoms with Crippen LogP contribution in [0.1, 0.15) is 22.0 Å². The van der Waals surface area contributed by atoms with E-state index in [0.717, 1.165) is 10.4 Å². The summed E-state index contributed by atoms with van der Waals surface area (Å²) in [5.41, 5.74) is 1.67. The van der Waals surface area contributed by atoms with Crippen molar-refractivity contribution in [2.24, 2.45) is 0 Å². The standard InChI is InChI=1S/C20H16FNOS/c21-17-9-4-6-15(14-17)11-12-19(23)22-20(18-10-5-13-24-18)16-7-2-1-3-8-16/h1-14,20H,(H,22,23)/b12-11+. The van der Waals surface area contributed by atoms with Gasteiger partial charge in [0.1, 0.15) is 5.82 Å². The van der Waals surface area contributed by atoms with E-state index >= 15 is 0 Å². The first-order valence-corrected chi connectivity index (χ1v) is 8.43. The molecule has 0 spiro atoms. The molecule has 0 saturated heterocycles.